The maximum Gasteiger partial charge on any atom is 0.323 e. The van der Waals surface area contributed by atoms with Crippen molar-refractivity contribution < 1.29 is 14.4 Å². The first-order chi connectivity index (χ1) is 9.50. The van der Waals surface area contributed by atoms with Gasteiger partial charge < -0.3 is 9.63 Å². The fourth-order valence-electron chi connectivity index (χ4n) is 2.30. The van der Waals surface area contributed by atoms with Crippen LogP contribution in [0.1, 0.15) is 5.76 Å². The Kier molecular flexibility index (Phi) is 2.76. The number of carbonyl (C=O) groups is 1. The summed E-state index contributed by atoms with van der Waals surface area (Å²) in [5.41, 5.74) is 0.330. The third-order valence-electron chi connectivity index (χ3n) is 3.13. The van der Waals surface area contributed by atoms with Gasteiger partial charge in [-0.2, -0.15) is 0 Å². The van der Waals surface area contributed by atoms with Crippen molar-refractivity contribution >= 4 is 39.4 Å². The van der Waals surface area contributed by atoms with Crippen molar-refractivity contribution in [3.8, 4) is 0 Å². The summed E-state index contributed by atoms with van der Waals surface area (Å²) in [6.45, 7) is 1.15. The first-order valence-electron chi connectivity index (χ1n) is 5.79. The molecule has 0 saturated heterocycles. The van der Waals surface area contributed by atoms with Crippen LogP contribution in [-0.2, 0) is 11.3 Å². The summed E-state index contributed by atoms with van der Waals surface area (Å²) in [4.78, 5) is 23.4. The van der Waals surface area contributed by atoms with Gasteiger partial charge in [0.2, 0.25) is 0 Å². The lowest BCUT2D eigenvalue weighted by molar-refractivity contribution is -0.137. The quantitative estimate of drug-likeness (QED) is 0.782. The van der Waals surface area contributed by atoms with Gasteiger partial charge in [-0.25, -0.2) is 0 Å². The number of fused-ring (bicyclic) bond motifs is 3. The molecule has 2 aromatic heterocycles. The van der Waals surface area contributed by atoms with Gasteiger partial charge in [-0.3, -0.25) is 14.2 Å². The molecular formula is C13H9ClN2O4. The molecule has 1 aromatic carbocycles. The van der Waals surface area contributed by atoms with Crippen molar-refractivity contribution in [2.45, 2.75) is 13.5 Å². The van der Waals surface area contributed by atoms with E-state index in [1.54, 1.807) is 25.1 Å². The van der Waals surface area contributed by atoms with Crippen LogP contribution in [0, 0.1) is 6.92 Å². The number of nitrogens with zero attached hydrogens (tertiary/aromatic N) is 2. The highest BCUT2D eigenvalue weighted by molar-refractivity contribution is 6.37. The molecule has 0 bridgehead atoms. The molecule has 0 radical (unpaired) electrons. The Bertz CT molecular complexity index is 910. The maximum atomic E-state index is 12.4. The normalized spacial score (nSPS) is 11.3. The highest BCUT2D eigenvalue weighted by Gasteiger charge is 2.19. The average Bonchev–Trinajstić information content (AvgIpc) is 2.76. The third kappa shape index (κ3) is 1.69. The van der Waals surface area contributed by atoms with Gasteiger partial charge in [-0.05, 0) is 19.1 Å². The molecule has 102 valence electrons. The molecule has 3 aromatic rings. The second-order valence-electron chi connectivity index (χ2n) is 4.38. The van der Waals surface area contributed by atoms with Crippen molar-refractivity contribution in [2.24, 2.45) is 0 Å². The Morgan fingerprint density at radius 2 is 2.20 bits per heavy atom. The maximum absolute atomic E-state index is 12.4. The SMILES string of the molecule is Cc1onc2c1c(=O)n(CC(=O)O)c1cccc(Cl)c21. The minimum Gasteiger partial charge on any atom is -0.480 e. The Balaban J connectivity index is 2.61. The van der Waals surface area contributed by atoms with Crippen LogP contribution in [0.3, 0.4) is 0 Å². The van der Waals surface area contributed by atoms with Gasteiger partial charge in [-0.1, -0.05) is 22.8 Å². The molecule has 0 saturated carbocycles. The van der Waals surface area contributed by atoms with E-state index in [0.717, 1.165) is 4.57 Å². The van der Waals surface area contributed by atoms with E-state index < -0.39 is 18.1 Å². The summed E-state index contributed by atoms with van der Waals surface area (Å²) in [5, 5.41) is 14.0. The Morgan fingerprint density at radius 3 is 2.90 bits per heavy atom. The number of pyridine rings is 1. The molecule has 6 nitrogen and oxygen atoms in total. The van der Waals surface area contributed by atoms with E-state index in [0.29, 0.717) is 27.2 Å². The van der Waals surface area contributed by atoms with E-state index in [4.69, 9.17) is 21.2 Å². The Morgan fingerprint density at radius 1 is 1.45 bits per heavy atom. The number of aryl methyl sites for hydroxylation is 1. The van der Waals surface area contributed by atoms with Gasteiger partial charge in [0.1, 0.15) is 23.2 Å². The molecule has 20 heavy (non-hydrogen) atoms. The van der Waals surface area contributed by atoms with E-state index in [2.05, 4.69) is 5.16 Å². The molecule has 3 rings (SSSR count). The first kappa shape index (κ1) is 12.7. The summed E-state index contributed by atoms with van der Waals surface area (Å²) >= 11 is 6.16. The zero-order chi connectivity index (χ0) is 14.4. The lowest BCUT2D eigenvalue weighted by Gasteiger charge is -2.09. The Hall–Kier alpha value is -2.34. The lowest BCUT2D eigenvalue weighted by Crippen LogP contribution is -2.24. The molecule has 1 N–H and O–H groups in total. The topological polar surface area (TPSA) is 85.3 Å². The molecule has 0 aliphatic rings. The second kappa shape index (κ2) is 4.35. The molecule has 0 fully saturated rings. The average molecular weight is 293 g/mol. The smallest absolute Gasteiger partial charge is 0.323 e. The number of rotatable bonds is 2. The largest absolute Gasteiger partial charge is 0.480 e. The lowest BCUT2D eigenvalue weighted by atomic mass is 10.1. The Labute approximate surface area is 117 Å². The molecule has 2 heterocycles. The predicted octanol–water partition coefficient (Wildman–Crippen LogP) is 2.19. The van der Waals surface area contributed by atoms with Crippen LogP contribution in [-0.4, -0.2) is 20.8 Å². The van der Waals surface area contributed by atoms with Gasteiger partial charge >= 0.3 is 5.97 Å². The van der Waals surface area contributed by atoms with Crippen LogP contribution in [0.25, 0.3) is 21.8 Å². The van der Waals surface area contributed by atoms with Crippen LogP contribution in [0.15, 0.2) is 27.5 Å². The van der Waals surface area contributed by atoms with Crippen LogP contribution in [0.5, 0.6) is 0 Å². The fraction of sp³-hybridized carbons (Fsp3) is 0.154. The predicted molar refractivity (Wildman–Crippen MR) is 73.2 cm³/mol. The second-order valence-corrected chi connectivity index (χ2v) is 4.79. The van der Waals surface area contributed by atoms with E-state index >= 15 is 0 Å². The standard InChI is InChI=1S/C13H9ClN2O4/c1-6-10-12(15-20-6)11-7(14)3-2-4-8(11)16(13(10)19)5-9(17)18/h2-4H,5H2,1H3,(H,17,18). The third-order valence-corrected chi connectivity index (χ3v) is 3.45. The summed E-state index contributed by atoms with van der Waals surface area (Å²) in [6.07, 6.45) is 0. The van der Waals surface area contributed by atoms with Gasteiger partial charge in [0.25, 0.3) is 5.56 Å². The highest BCUT2D eigenvalue weighted by Crippen LogP contribution is 2.29. The minimum atomic E-state index is -1.11. The molecular weight excluding hydrogens is 284 g/mol. The molecule has 0 amide bonds. The number of halogens is 1. The minimum absolute atomic E-state index is 0.256. The van der Waals surface area contributed by atoms with E-state index in [1.807, 2.05) is 0 Å². The summed E-state index contributed by atoms with van der Waals surface area (Å²) in [7, 11) is 0. The van der Waals surface area contributed by atoms with Crippen molar-refractivity contribution in [1.82, 2.24) is 9.72 Å². The van der Waals surface area contributed by atoms with Gasteiger partial charge in [0.05, 0.1) is 10.5 Å². The molecule has 0 aliphatic carbocycles. The van der Waals surface area contributed by atoms with Crippen LogP contribution < -0.4 is 5.56 Å². The van der Waals surface area contributed by atoms with E-state index in [9.17, 15) is 9.59 Å². The number of benzene rings is 1. The fourth-order valence-corrected chi connectivity index (χ4v) is 2.56. The molecule has 0 unspecified atom stereocenters. The zero-order valence-corrected chi connectivity index (χ0v) is 11.1. The number of hydrogen-bond donors (Lipinski definition) is 1. The molecule has 0 atom stereocenters. The highest BCUT2D eigenvalue weighted by atomic mass is 35.5. The summed E-state index contributed by atoms with van der Waals surface area (Å²) in [5.74, 6) is -0.771. The number of aliphatic carboxylic acids is 1. The van der Waals surface area contributed by atoms with Crippen LogP contribution >= 0.6 is 11.6 Å². The summed E-state index contributed by atoms with van der Waals surface area (Å²) in [6, 6.07) is 4.94. The van der Waals surface area contributed by atoms with Crippen molar-refractivity contribution in [3.63, 3.8) is 0 Å². The number of carboxylic acid groups (broad SMARTS) is 1. The van der Waals surface area contributed by atoms with Crippen molar-refractivity contribution in [2.75, 3.05) is 0 Å². The zero-order valence-electron chi connectivity index (χ0n) is 10.4. The van der Waals surface area contributed by atoms with Crippen molar-refractivity contribution in [1.29, 1.82) is 0 Å². The van der Waals surface area contributed by atoms with E-state index in [-0.39, 0.29) is 5.39 Å². The molecule has 7 heteroatoms. The molecule has 0 spiro atoms. The summed E-state index contributed by atoms with van der Waals surface area (Å²) < 4.78 is 6.21. The van der Waals surface area contributed by atoms with Gasteiger partial charge in [0.15, 0.2) is 0 Å². The molecule has 0 aliphatic heterocycles. The monoisotopic (exact) mass is 292 g/mol. The van der Waals surface area contributed by atoms with Crippen molar-refractivity contribution in [3.05, 3.63) is 39.3 Å². The number of aromatic nitrogens is 2. The van der Waals surface area contributed by atoms with Crippen LogP contribution in [0.4, 0.5) is 0 Å². The van der Waals surface area contributed by atoms with E-state index in [1.165, 1.54) is 0 Å². The number of carboxylic acids is 1. The van der Waals surface area contributed by atoms with Crippen LogP contribution in [0.2, 0.25) is 5.02 Å². The van der Waals surface area contributed by atoms with Gasteiger partial charge in [-0.15, -0.1) is 0 Å². The first-order valence-corrected chi connectivity index (χ1v) is 6.17. The van der Waals surface area contributed by atoms with Gasteiger partial charge in [0, 0.05) is 5.39 Å². The number of hydrogen-bond acceptors (Lipinski definition) is 4.